The number of thiophene rings is 1. The van der Waals surface area contributed by atoms with E-state index >= 15 is 0 Å². The first-order valence-corrected chi connectivity index (χ1v) is 10.3. The number of H-pyrrole nitrogens is 1. The minimum absolute atomic E-state index is 0.0917. The smallest absolute Gasteiger partial charge is 0.266 e. The summed E-state index contributed by atoms with van der Waals surface area (Å²) in [7, 11) is 0. The number of hydrogen-bond donors (Lipinski definition) is 3. The molecule has 0 amide bonds. The zero-order valence-electron chi connectivity index (χ0n) is 15.7. The molecular formula is C22H21ClN2O2S. The molecule has 28 heavy (non-hydrogen) atoms. The van der Waals surface area contributed by atoms with E-state index in [1.807, 2.05) is 19.1 Å². The molecule has 0 aliphatic heterocycles. The normalized spacial score (nSPS) is 12.8. The maximum Gasteiger partial charge on any atom is 0.266 e. The van der Waals surface area contributed by atoms with Gasteiger partial charge < -0.3 is 15.8 Å². The zero-order chi connectivity index (χ0) is 20.0. The molecule has 0 aliphatic rings. The van der Waals surface area contributed by atoms with Gasteiger partial charge in [0.1, 0.15) is 4.70 Å². The molecule has 4 nitrogen and oxygen atoms in total. The van der Waals surface area contributed by atoms with Gasteiger partial charge >= 0.3 is 0 Å². The number of aromatic nitrogens is 1. The van der Waals surface area contributed by atoms with Crippen LogP contribution < -0.4 is 11.3 Å². The molecule has 144 valence electrons. The number of nitrogens with one attached hydrogen (secondary N) is 1. The number of pyridine rings is 1. The predicted molar refractivity (Wildman–Crippen MR) is 119 cm³/mol. The fourth-order valence-corrected chi connectivity index (χ4v) is 4.90. The van der Waals surface area contributed by atoms with Crippen molar-refractivity contribution >= 4 is 43.9 Å². The van der Waals surface area contributed by atoms with Crippen LogP contribution in [0.1, 0.15) is 29.5 Å². The number of hydrogen-bond acceptors (Lipinski definition) is 4. The van der Waals surface area contributed by atoms with Crippen molar-refractivity contribution in [3.8, 4) is 11.1 Å². The summed E-state index contributed by atoms with van der Waals surface area (Å²) >= 11 is 7.51. The Hall–Kier alpha value is -2.18. The van der Waals surface area contributed by atoms with E-state index in [1.54, 1.807) is 0 Å². The van der Waals surface area contributed by atoms with Crippen LogP contribution in [0.3, 0.4) is 0 Å². The maximum atomic E-state index is 12.5. The van der Waals surface area contributed by atoms with Crippen LogP contribution >= 0.6 is 22.9 Å². The summed E-state index contributed by atoms with van der Waals surface area (Å²) in [6.45, 7) is 4.53. The lowest BCUT2D eigenvalue weighted by Gasteiger charge is -2.16. The molecule has 0 saturated heterocycles. The van der Waals surface area contributed by atoms with Gasteiger partial charge in [-0.1, -0.05) is 48.9 Å². The third-order valence-corrected chi connectivity index (χ3v) is 6.58. The van der Waals surface area contributed by atoms with Crippen LogP contribution in [0, 0.1) is 6.92 Å². The fourth-order valence-electron chi connectivity index (χ4n) is 3.77. The van der Waals surface area contributed by atoms with Crippen LogP contribution in [0.15, 0.2) is 41.2 Å². The highest BCUT2D eigenvalue weighted by atomic mass is 35.5. The quantitative estimate of drug-likeness (QED) is 0.444. The van der Waals surface area contributed by atoms with Gasteiger partial charge in [0.05, 0.1) is 16.5 Å². The van der Waals surface area contributed by atoms with Crippen molar-refractivity contribution in [3.05, 3.63) is 67.8 Å². The number of fused-ring (bicyclic) bond motifs is 3. The van der Waals surface area contributed by atoms with Crippen LogP contribution in [0.2, 0.25) is 4.34 Å². The average molecular weight is 413 g/mol. The first kappa shape index (κ1) is 19.2. The molecule has 0 fully saturated rings. The third-order valence-electron chi connectivity index (χ3n) is 5.31. The van der Waals surface area contributed by atoms with Crippen molar-refractivity contribution in [1.29, 1.82) is 0 Å². The number of aliphatic hydroxyl groups excluding tert-OH is 1. The summed E-state index contributed by atoms with van der Waals surface area (Å²) < 4.78 is 1.17. The van der Waals surface area contributed by atoms with E-state index < -0.39 is 0 Å². The van der Waals surface area contributed by atoms with Gasteiger partial charge in [-0.25, -0.2) is 0 Å². The summed E-state index contributed by atoms with van der Waals surface area (Å²) in [6.07, 6.45) is 0. The highest BCUT2D eigenvalue weighted by Crippen LogP contribution is 2.40. The molecule has 0 radical (unpaired) electrons. The van der Waals surface area contributed by atoms with Gasteiger partial charge in [0.15, 0.2) is 0 Å². The molecule has 4 rings (SSSR count). The highest BCUT2D eigenvalue weighted by Gasteiger charge is 2.18. The van der Waals surface area contributed by atoms with Crippen LogP contribution in [-0.2, 0) is 6.61 Å². The second-order valence-electron chi connectivity index (χ2n) is 7.14. The molecule has 6 heteroatoms. The monoisotopic (exact) mass is 412 g/mol. The predicted octanol–water partition coefficient (Wildman–Crippen LogP) is 4.93. The van der Waals surface area contributed by atoms with E-state index in [0.29, 0.717) is 15.6 Å². The van der Waals surface area contributed by atoms with Crippen LogP contribution in [0.25, 0.3) is 32.1 Å². The van der Waals surface area contributed by atoms with Crippen LogP contribution in [0.5, 0.6) is 0 Å². The Balaban J connectivity index is 2.11. The number of rotatable bonds is 4. The number of benzene rings is 2. The number of nitrogens with two attached hydrogens (primary N) is 1. The van der Waals surface area contributed by atoms with Crippen LogP contribution in [-0.4, -0.2) is 16.6 Å². The molecule has 0 unspecified atom stereocenters. The third kappa shape index (κ3) is 3.05. The standard InChI is InChI=1S/C22H21ClN2O2S/c1-11-7-15(10-26)18(14-5-3-13(4-6-14)12(2)9-24)19-16-8-17(23)28-21(16)22(27)25-20(11)19/h3-8,12,26H,9-10,24H2,1-2H3,(H,25,27)/t12-/m0/s1. The molecule has 0 aliphatic carbocycles. The van der Waals surface area contributed by atoms with E-state index in [1.165, 1.54) is 16.9 Å². The molecule has 2 aromatic carbocycles. The van der Waals surface area contributed by atoms with Gasteiger partial charge in [-0.3, -0.25) is 4.79 Å². The van der Waals surface area contributed by atoms with Gasteiger partial charge in [0, 0.05) is 10.8 Å². The lowest BCUT2D eigenvalue weighted by atomic mass is 9.90. The molecular weight excluding hydrogens is 392 g/mol. The number of halogens is 1. The Morgan fingerprint density at radius 3 is 2.61 bits per heavy atom. The second-order valence-corrected chi connectivity index (χ2v) is 8.83. The largest absolute Gasteiger partial charge is 0.392 e. The molecule has 0 spiro atoms. The van der Waals surface area contributed by atoms with Crippen molar-refractivity contribution in [3.63, 3.8) is 0 Å². The fraction of sp³-hybridized carbons (Fsp3) is 0.227. The molecule has 4 N–H and O–H groups in total. The van der Waals surface area contributed by atoms with Crippen molar-refractivity contribution in [2.45, 2.75) is 26.4 Å². The molecule has 2 aromatic heterocycles. The minimum Gasteiger partial charge on any atom is -0.392 e. The van der Waals surface area contributed by atoms with E-state index in [4.69, 9.17) is 17.3 Å². The van der Waals surface area contributed by atoms with Crippen molar-refractivity contribution in [2.24, 2.45) is 5.73 Å². The number of aliphatic hydroxyl groups is 1. The Morgan fingerprint density at radius 2 is 1.96 bits per heavy atom. The van der Waals surface area contributed by atoms with Gasteiger partial charge in [-0.15, -0.1) is 11.3 Å². The molecule has 1 atom stereocenters. The summed E-state index contributed by atoms with van der Waals surface area (Å²) in [5, 5.41) is 11.8. The molecule has 4 aromatic rings. The first-order chi connectivity index (χ1) is 13.4. The summed E-state index contributed by atoms with van der Waals surface area (Å²) in [4.78, 5) is 15.6. The molecule has 0 bridgehead atoms. The van der Waals surface area contributed by atoms with E-state index in [-0.39, 0.29) is 18.1 Å². The Kier molecular flexibility index (Phi) is 5.02. The Bertz CT molecular complexity index is 1240. The topological polar surface area (TPSA) is 79.1 Å². The van der Waals surface area contributed by atoms with E-state index in [0.717, 1.165) is 38.5 Å². The second kappa shape index (κ2) is 7.33. The van der Waals surface area contributed by atoms with E-state index in [9.17, 15) is 9.90 Å². The lowest BCUT2D eigenvalue weighted by molar-refractivity contribution is 0.282. The number of aromatic amines is 1. The number of aryl methyl sites for hydroxylation is 1. The van der Waals surface area contributed by atoms with E-state index in [2.05, 4.69) is 36.2 Å². The van der Waals surface area contributed by atoms with Gasteiger partial charge in [0.2, 0.25) is 0 Å². The summed E-state index contributed by atoms with van der Waals surface area (Å²) in [6, 6.07) is 12.0. The summed E-state index contributed by atoms with van der Waals surface area (Å²) in [5.74, 6) is 0.278. The molecule has 2 heterocycles. The zero-order valence-corrected chi connectivity index (χ0v) is 17.2. The van der Waals surface area contributed by atoms with Crippen molar-refractivity contribution in [1.82, 2.24) is 4.98 Å². The lowest BCUT2D eigenvalue weighted by Crippen LogP contribution is -2.08. The highest BCUT2D eigenvalue weighted by molar-refractivity contribution is 7.22. The average Bonchev–Trinajstić information content (AvgIpc) is 3.10. The van der Waals surface area contributed by atoms with Crippen molar-refractivity contribution in [2.75, 3.05) is 6.54 Å². The maximum absolute atomic E-state index is 12.5. The SMILES string of the molecule is Cc1cc(CO)c(-c2ccc([C@@H](C)CN)cc2)c2c1[nH]c(=O)c1sc(Cl)cc12. The van der Waals surface area contributed by atoms with Crippen molar-refractivity contribution < 1.29 is 5.11 Å². The molecule has 0 saturated carbocycles. The van der Waals surface area contributed by atoms with Gasteiger partial charge in [-0.05, 0) is 53.3 Å². The Labute approximate surface area is 171 Å². The van der Waals surface area contributed by atoms with Crippen LogP contribution in [0.4, 0.5) is 0 Å². The minimum atomic E-state index is -0.141. The van der Waals surface area contributed by atoms with Gasteiger partial charge in [-0.2, -0.15) is 0 Å². The van der Waals surface area contributed by atoms with Gasteiger partial charge in [0.25, 0.3) is 5.56 Å². The first-order valence-electron chi connectivity index (χ1n) is 9.13. The summed E-state index contributed by atoms with van der Waals surface area (Å²) in [5.41, 5.74) is 11.2. The Morgan fingerprint density at radius 1 is 1.25 bits per heavy atom.